The number of pyridine rings is 2. The Morgan fingerprint density at radius 2 is 1.78 bits per heavy atom. The summed E-state index contributed by atoms with van der Waals surface area (Å²) in [6.45, 7) is 6.76. The van der Waals surface area contributed by atoms with Gasteiger partial charge in [-0.05, 0) is 25.2 Å². The summed E-state index contributed by atoms with van der Waals surface area (Å²) >= 11 is 0. The molecule has 2 N–H and O–H groups in total. The molecule has 5 rings (SSSR count). The van der Waals surface area contributed by atoms with Crippen molar-refractivity contribution in [3.05, 3.63) is 36.3 Å². The number of rotatable bonds is 5. The largest absolute Gasteiger partial charge is 0.390 e. The van der Waals surface area contributed by atoms with Gasteiger partial charge in [0.05, 0.1) is 37.4 Å². The Morgan fingerprint density at radius 3 is 2.50 bits per heavy atom. The summed E-state index contributed by atoms with van der Waals surface area (Å²) in [5.74, 6) is 1.90. The first kappa shape index (κ1) is 20.8. The van der Waals surface area contributed by atoms with Gasteiger partial charge in [0.15, 0.2) is 5.82 Å². The van der Waals surface area contributed by atoms with Crippen molar-refractivity contribution in [3.8, 4) is 0 Å². The number of anilines is 4. The Kier molecular flexibility index (Phi) is 5.97. The van der Waals surface area contributed by atoms with Crippen LogP contribution in [0.1, 0.15) is 5.69 Å². The molecule has 2 fully saturated rings. The van der Waals surface area contributed by atoms with Crippen LogP contribution >= 0.6 is 0 Å². The number of morpholine rings is 1. The fourth-order valence-corrected chi connectivity index (χ4v) is 4.04. The van der Waals surface area contributed by atoms with Crippen LogP contribution in [0, 0.1) is 0 Å². The molecule has 0 aliphatic carbocycles. The normalized spacial score (nSPS) is 17.7. The zero-order chi connectivity index (χ0) is 21.9. The lowest BCUT2D eigenvalue weighted by atomic mass is 10.2. The minimum Gasteiger partial charge on any atom is -0.390 e. The average Bonchev–Trinajstić information content (AvgIpc) is 2.85. The van der Waals surface area contributed by atoms with Gasteiger partial charge in [-0.25, -0.2) is 19.9 Å². The van der Waals surface area contributed by atoms with E-state index in [-0.39, 0.29) is 6.61 Å². The van der Waals surface area contributed by atoms with Gasteiger partial charge in [-0.2, -0.15) is 0 Å². The van der Waals surface area contributed by atoms with Crippen molar-refractivity contribution in [2.24, 2.45) is 0 Å². The highest BCUT2D eigenvalue weighted by Crippen LogP contribution is 2.26. The number of aliphatic hydroxyl groups excluding tert-OH is 1. The second-order valence-corrected chi connectivity index (χ2v) is 8.14. The average molecular weight is 437 g/mol. The highest BCUT2D eigenvalue weighted by molar-refractivity contribution is 5.89. The van der Waals surface area contributed by atoms with Crippen LogP contribution < -0.4 is 15.1 Å². The molecule has 2 saturated heterocycles. The molecule has 0 amide bonds. The first-order valence-corrected chi connectivity index (χ1v) is 11.0. The van der Waals surface area contributed by atoms with Crippen LogP contribution in [0.4, 0.5) is 23.3 Å². The monoisotopic (exact) mass is 436 g/mol. The number of fused-ring (bicyclic) bond motifs is 1. The number of nitrogens with one attached hydrogen (secondary N) is 1. The van der Waals surface area contributed by atoms with E-state index in [2.05, 4.69) is 48.1 Å². The van der Waals surface area contributed by atoms with Crippen molar-refractivity contribution in [1.82, 2.24) is 24.8 Å². The van der Waals surface area contributed by atoms with Crippen LogP contribution in [-0.2, 0) is 11.3 Å². The maximum Gasteiger partial charge on any atom is 0.229 e. The van der Waals surface area contributed by atoms with Gasteiger partial charge in [0, 0.05) is 50.9 Å². The van der Waals surface area contributed by atoms with E-state index in [1.54, 1.807) is 6.20 Å². The molecule has 10 heteroatoms. The minimum absolute atomic E-state index is 0.128. The van der Waals surface area contributed by atoms with Crippen LogP contribution in [0.3, 0.4) is 0 Å². The highest BCUT2D eigenvalue weighted by atomic mass is 16.5. The second kappa shape index (κ2) is 9.19. The third-order valence-corrected chi connectivity index (χ3v) is 5.93. The molecular formula is C22H28N8O2. The lowest BCUT2D eigenvalue weighted by molar-refractivity contribution is 0.122. The fourth-order valence-electron chi connectivity index (χ4n) is 4.04. The zero-order valence-corrected chi connectivity index (χ0v) is 18.2. The maximum absolute atomic E-state index is 9.63. The topological polar surface area (TPSA) is 103 Å². The summed E-state index contributed by atoms with van der Waals surface area (Å²) in [5.41, 5.74) is 2.47. The third kappa shape index (κ3) is 4.43. The molecule has 0 atom stereocenters. The second-order valence-electron chi connectivity index (χ2n) is 8.14. The number of aliphatic hydroxyl groups is 1. The SMILES string of the molecule is CN1CCN(c2ccc(Nc3ncc4cc(CO)nc(N5CCOCC5)c4n3)nc2)CC1. The summed E-state index contributed by atoms with van der Waals surface area (Å²) in [4.78, 5) is 25.2. The number of nitrogens with zero attached hydrogens (tertiary/aromatic N) is 7. The molecule has 2 aliphatic heterocycles. The molecule has 168 valence electrons. The van der Waals surface area contributed by atoms with E-state index in [1.165, 1.54) is 0 Å². The Morgan fingerprint density at radius 1 is 0.969 bits per heavy atom. The molecule has 0 aromatic carbocycles. The van der Waals surface area contributed by atoms with Crippen LogP contribution in [0.15, 0.2) is 30.6 Å². The van der Waals surface area contributed by atoms with Gasteiger partial charge >= 0.3 is 0 Å². The number of piperazine rings is 1. The molecule has 3 aromatic rings. The molecule has 5 heterocycles. The lowest BCUT2D eigenvalue weighted by Crippen LogP contribution is -2.44. The first-order valence-electron chi connectivity index (χ1n) is 11.0. The molecule has 32 heavy (non-hydrogen) atoms. The van der Waals surface area contributed by atoms with Crippen molar-refractivity contribution in [2.75, 3.05) is 74.6 Å². The van der Waals surface area contributed by atoms with Gasteiger partial charge < -0.3 is 29.9 Å². The number of hydrogen-bond acceptors (Lipinski definition) is 10. The number of aromatic nitrogens is 4. The summed E-state index contributed by atoms with van der Waals surface area (Å²) in [7, 11) is 2.15. The van der Waals surface area contributed by atoms with Gasteiger partial charge in [0.1, 0.15) is 11.3 Å². The molecule has 0 bridgehead atoms. The third-order valence-electron chi connectivity index (χ3n) is 5.93. The molecule has 10 nitrogen and oxygen atoms in total. The summed E-state index contributed by atoms with van der Waals surface area (Å²) in [6, 6.07) is 5.86. The zero-order valence-electron chi connectivity index (χ0n) is 18.2. The number of likely N-dealkylation sites (N-methyl/N-ethyl adjacent to an activating group) is 1. The van der Waals surface area contributed by atoms with E-state index >= 15 is 0 Å². The van der Waals surface area contributed by atoms with Crippen molar-refractivity contribution in [2.45, 2.75) is 6.61 Å². The predicted octanol–water partition coefficient (Wildman–Crippen LogP) is 1.24. The smallest absolute Gasteiger partial charge is 0.229 e. The predicted molar refractivity (Wildman–Crippen MR) is 124 cm³/mol. The molecule has 0 unspecified atom stereocenters. The molecule has 2 aliphatic rings. The van der Waals surface area contributed by atoms with E-state index in [9.17, 15) is 5.11 Å². The number of hydrogen-bond donors (Lipinski definition) is 2. The molecule has 0 radical (unpaired) electrons. The Hall–Kier alpha value is -3.08. The van der Waals surface area contributed by atoms with E-state index < -0.39 is 0 Å². The summed E-state index contributed by atoms with van der Waals surface area (Å²) in [6.07, 6.45) is 3.65. The van der Waals surface area contributed by atoms with Crippen LogP contribution in [0.25, 0.3) is 10.9 Å². The quantitative estimate of drug-likeness (QED) is 0.607. The van der Waals surface area contributed by atoms with Crippen LogP contribution in [0.5, 0.6) is 0 Å². The first-order chi connectivity index (χ1) is 15.7. The van der Waals surface area contributed by atoms with E-state index in [1.807, 2.05) is 18.3 Å². The molecule has 3 aromatic heterocycles. The van der Waals surface area contributed by atoms with Gasteiger partial charge in [-0.1, -0.05) is 0 Å². The van der Waals surface area contributed by atoms with Crippen molar-refractivity contribution in [3.63, 3.8) is 0 Å². The Labute approximate surface area is 186 Å². The fraction of sp³-hybridized carbons (Fsp3) is 0.455. The van der Waals surface area contributed by atoms with Crippen molar-refractivity contribution in [1.29, 1.82) is 0 Å². The van der Waals surface area contributed by atoms with Gasteiger partial charge in [-0.3, -0.25) is 0 Å². The summed E-state index contributed by atoms with van der Waals surface area (Å²) < 4.78 is 5.47. The molecule has 0 saturated carbocycles. The Balaban J connectivity index is 1.38. The molecule has 0 spiro atoms. The lowest BCUT2D eigenvalue weighted by Gasteiger charge is -2.33. The van der Waals surface area contributed by atoms with E-state index in [0.29, 0.717) is 30.7 Å². The van der Waals surface area contributed by atoms with Crippen LogP contribution in [-0.4, -0.2) is 89.5 Å². The summed E-state index contributed by atoms with van der Waals surface area (Å²) in [5, 5.41) is 13.7. The van der Waals surface area contributed by atoms with Crippen LogP contribution in [0.2, 0.25) is 0 Å². The van der Waals surface area contributed by atoms with Crippen molar-refractivity contribution >= 4 is 34.2 Å². The minimum atomic E-state index is -0.128. The number of ether oxygens (including phenoxy) is 1. The molecular weight excluding hydrogens is 408 g/mol. The van der Waals surface area contributed by atoms with Crippen molar-refractivity contribution < 1.29 is 9.84 Å². The van der Waals surface area contributed by atoms with E-state index in [0.717, 1.165) is 61.7 Å². The Bertz CT molecular complexity index is 1060. The van der Waals surface area contributed by atoms with Gasteiger partial charge in [-0.15, -0.1) is 0 Å². The van der Waals surface area contributed by atoms with E-state index in [4.69, 9.17) is 9.72 Å². The maximum atomic E-state index is 9.63. The van der Waals surface area contributed by atoms with Gasteiger partial charge in [0.2, 0.25) is 5.95 Å². The van der Waals surface area contributed by atoms with Gasteiger partial charge in [0.25, 0.3) is 0 Å². The highest BCUT2D eigenvalue weighted by Gasteiger charge is 2.19. The standard InChI is InChI=1S/C22H28N8O2/c1-28-4-6-29(7-5-28)18-2-3-19(23-14-18)26-22-24-13-16-12-17(15-31)25-21(20(16)27-22)30-8-10-32-11-9-30/h2-3,12-14,31H,4-11,15H2,1H3,(H,23,24,26,27).